The standard InChI is InChI=1S/C16H14O4/c1-19-12-8-9-14(20-2)13(10-12)16(18)15(17)11-6-4-3-5-7-11/h3-10H,1-2H3. The highest BCUT2D eigenvalue weighted by molar-refractivity contribution is 6.49. The fourth-order valence-corrected chi connectivity index (χ4v) is 1.83. The van der Waals surface area contributed by atoms with Gasteiger partial charge in [-0.2, -0.15) is 0 Å². The first-order valence-electron chi connectivity index (χ1n) is 6.03. The summed E-state index contributed by atoms with van der Waals surface area (Å²) in [4.78, 5) is 24.5. The molecule has 0 bridgehead atoms. The predicted octanol–water partition coefficient (Wildman–Crippen LogP) is 2.77. The number of carbonyl (C=O) groups is 2. The molecule has 0 radical (unpaired) electrons. The molecule has 0 unspecified atom stereocenters. The number of Topliss-reactive ketones (excluding diaryl/α,β-unsaturated/α-hetero) is 2. The smallest absolute Gasteiger partial charge is 0.237 e. The number of rotatable bonds is 5. The third-order valence-electron chi connectivity index (χ3n) is 2.89. The number of hydrogen-bond acceptors (Lipinski definition) is 4. The zero-order valence-electron chi connectivity index (χ0n) is 11.3. The van der Waals surface area contributed by atoms with E-state index in [0.717, 1.165) is 0 Å². The lowest BCUT2D eigenvalue weighted by Crippen LogP contribution is -2.15. The van der Waals surface area contributed by atoms with Crippen LogP contribution >= 0.6 is 0 Å². The Morgan fingerprint density at radius 2 is 1.55 bits per heavy atom. The second-order valence-electron chi connectivity index (χ2n) is 4.09. The second-order valence-corrected chi connectivity index (χ2v) is 4.09. The van der Waals surface area contributed by atoms with Crippen LogP contribution in [0.5, 0.6) is 11.5 Å². The minimum atomic E-state index is -0.619. The molecule has 4 nitrogen and oxygen atoms in total. The number of ketones is 2. The molecule has 0 fully saturated rings. The summed E-state index contributed by atoms with van der Waals surface area (Å²) in [6.07, 6.45) is 0. The van der Waals surface area contributed by atoms with Gasteiger partial charge in [-0.1, -0.05) is 30.3 Å². The highest BCUT2D eigenvalue weighted by Gasteiger charge is 2.22. The van der Waals surface area contributed by atoms with Crippen LogP contribution in [0.2, 0.25) is 0 Å². The molecule has 0 spiro atoms. The highest BCUT2D eigenvalue weighted by atomic mass is 16.5. The van der Waals surface area contributed by atoms with E-state index in [4.69, 9.17) is 9.47 Å². The van der Waals surface area contributed by atoms with Gasteiger partial charge < -0.3 is 9.47 Å². The summed E-state index contributed by atoms with van der Waals surface area (Å²) in [5.41, 5.74) is 0.545. The van der Waals surface area contributed by atoms with Crippen molar-refractivity contribution >= 4 is 11.6 Å². The van der Waals surface area contributed by atoms with Crippen molar-refractivity contribution in [2.45, 2.75) is 0 Å². The van der Waals surface area contributed by atoms with Crippen LogP contribution in [0.15, 0.2) is 48.5 Å². The summed E-state index contributed by atoms with van der Waals surface area (Å²) in [6.45, 7) is 0. The molecule has 0 amide bonds. The number of hydrogen-bond donors (Lipinski definition) is 0. The van der Waals surface area contributed by atoms with Gasteiger partial charge in [0, 0.05) is 5.56 Å². The molecule has 4 heteroatoms. The Labute approximate surface area is 116 Å². The van der Waals surface area contributed by atoms with Crippen LogP contribution < -0.4 is 9.47 Å². The Bertz CT molecular complexity index is 632. The number of methoxy groups -OCH3 is 2. The molecule has 2 aromatic rings. The fourth-order valence-electron chi connectivity index (χ4n) is 1.83. The van der Waals surface area contributed by atoms with Gasteiger partial charge in [0.05, 0.1) is 19.8 Å². The van der Waals surface area contributed by atoms with Crippen molar-refractivity contribution in [3.8, 4) is 11.5 Å². The van der Waals surface area contributed by atoms with E-state index in [2.05, 4.69) is 0 Å². The molecule has 102 valence electrons. The Morgan fingerprint density at radius 1 is 0.850 bits per heavy atom. The predicted molar refractivity (Wildman–Crippen MR) is 74.6 cm³/mol. The van der Waals surface area contributed by atoms with Crippen molar-refractivity contribution in [1.29, 1.82) is 0 Å². The molecule has 0 aliphatic rings. The van der Waals surface area contributed by atoms with E-state index < -0.39 is 11.6 Å². The van der Waals surface area contributed by atoms with E-state index in [1.54, 1.807) is 42.5 Å². The van der Waals surface area contributed by atoms with E-state index >= 15 is 0 Å². The highest BCUT2D eigenvalue weighted by Crippen LogP contribution is 2.25. The number of ether oxygens (including phenoxy) is 2. The van der Waals surface area contributed by atoms with Gasteiger partial charge in [-0.05, 0) is 18.2 Å². The van der Waals surface area contributed by atoms with Gasteiger partial charge in [0.1, 0.15) is 11.5 Å². The van der Waals surface area contributed by atoms with Crippen LogP contribution in [-0.2, 0) is 0 Å². The quantitative estimate of drug-likeness (QED) is 0.619. The lowest BCUT2D eigenvalue weighted by Gasteiger charge is -2.09. The summed E-state index contributed by atoms with van der Waals surface area (Å²) < 4.78 is 10.2. The van der Waals surface area contributed by atoms with Crippen LogP contribution in [0.4, 0.5) is 0 Å². The SMILES string of the molecule is COc1ccc(OC)c(C(=O)C(=O)c2ccccc2)c1. The molecule has 0 atom stereocenters. The maximum Gasteiger partial charge on any atom is 0.237 e. The first-order chi connectivity index (χ1) is 9.67. The Hall–Kier alpha value is -2.62. The summed E-state index contributed by atoms with van der Waals surface area (Å²) in [5.74, 6) is -0.348. The summed E-state index contributed by atoms with van der Waals surface area (Å²) >= 11 is 0. The summed E-state index contributed by atoms with van der Waals surface area (Å²) in [5, 5.41) is 0. The summed E-state index contributed by atoms with van der Waals surface area (Å²) in [6, 6.07) is 13.2. The van der Waals surface area contributed by atoms with Gasteiger partial charge in [-0.25, -0.2) is 0 Å². The maximum atomic E-state index is 12.3. The molecule has 0 saturated carbocycles. The lowest BCUT2D eigenvalue weighted by molar-refractivity contribution is 0.0815. The first kappa shape index (κ1) is 13.8. The van der Waals surface area contributed by atoms with E-state index in [1.807, 2.05) is 0 Å². The number of carbonyl (C=O) groups excluding carboxylic acids is 2. The third-order valence-corrected chi connectivity index (χ3v) is 2.89. The van der Waals surface area contributed by atoms with E-state index in [1.165, 1.54) is 20.3 Å². The Balaban J connectivity index is 2.40. The molecule has 20 heavy (non-hydrogen) atoms. The van der Waals surface area contributed by atoms with Gasteiger partial charge >= 0.3 is 0 Å². The normalized spacial score (nSPS) is 9.90. The molecule has 0 aliphatic heterocycles. The van der Waals surface area contributed by atoms with Gasteiger partial charge in [0.15, 0.2) is 0 Å². The molecular formula is C16H14O4. The average molecular weight is 270 g/mol. The van der Waals surface area contributed by atoms with Crippen molar-refractivity contribution in [2.75, 3.05) is 14.2 Å². The monoisotopic (exact) mass is 270 g/mol. The first-order valence-corrected chi connectivity index (χ1v) is 6.03. The largest absolute Gasteiger partial charge is 0.497 e. The minimum Gasteiger partial charge on any atom is -0.497 e. The topological polar surface area (TPSA) is 52.6 Å². The van der Waals surface area contributed by atoms with Crippen molar-refractivity contribution < 1.29 is 19.1 Å². The number of benzene rings is 2. The van der Waals surface area contributed by atoms with Crippen LogP contribution in [0.25, 0.3) is 0 Å². The fraction of sp³-hybridized carbons (Fsp3) is 0.125. The van der Waals surface area contributed by atoms with Crippen LogP contribution in [0.1, 0.15) is 20.7 Å². The molecular weight excluding hydrogens is 256 g/mol. The molecule has 0 N–H and O–H groups in total. The van der Waals surface area contributed by atoms with E-state index in [0.29, 0.717) is 17.1 Å². The molecule has 0 aliphatic carbocycles. The third kappa shape index (κ3) is 2.69. The van der Waals surface area contributed by atoms with Crippen molar-refractivity contribution in [1.82, 2.24) is 0 Å². The van der Waals surface area contributed by atoms with Crippen LogP contribution in [0, 0.1) is 0 Å². The van der Waals surface area contributed by atoms with Gasteiger partial charge in [0.25, 0.3) is 0 Å². The van der Waals surface area contributed by atoms with Crippen molar-refractivity contribution in [3.05, 3.63) is 59.7 Å². The van der Waals surface area contributed by atoms with Crippen molar-refractivity contribution in [3.63, 3.8) is 0 Å². The molecule has 0 saturated heterocycles. The van der Waals surface area contributed by atoms with Crippen LogP contribution in [0.3, 0.4) is 0 Å². The molecule has 2 rings (SSSR count). The van der Waals surface area contributed by atoms with Gasteiger partial charge in [0.2, 0.25) is 11.6 Å². The molecule has 2 aromatic carbocycles. The minimum absolute atomic E-state index is 0.195. The molecule has 0 heterocycles. The maximum absolute atomic E-state index is 12.3. The van der Waals surface area contributed by atoms with E-state index in [9.17, 15) is 9.59 Å². The zero-order valence-corrected chi connectivity index (χ0v) is 11.3. The van der Waals surface area contributed by atoms with E-state index in [-0.39, 0.29) is 5.56 Å². The zero-order chi connectivity index (χ0) is 14.5. The Kier molecular flexibility index (Phi) is 4.15. The molecule has 0 aromatic heterocycles. The average Bonchev–Trinajstić information content (AvgIpc) is 2.53. The summed E-state index contributed by atoms with van der Waals surface area (Å²) in [7, 11) is 2.95. The van der Waals surface area contributed by atoms with Crippen LogP contribution in [-0.4, -0.2) is 25.8 Å². The Morgan fingerprint density at radius 3 is 2.15 bits per heavy atom. The van der Waals surface area contributed by atoms with Gasteiger partial charge in [-0.3, -0.25) is 9.59 Å². The van der Waals surface area contributed by atoms with Crippen molar-refractivity contribution in [2.24, 2.45) is 0 Å². The lowest BCUT2D eigenvalue weighted by atomic mass is 10.0. The second kappa shape index (κ2) is 6.02. The van der Waals surface area contributed by atoms with Gasteiger partial charge in [-0.15, -0.1) is 0 Å².